The summed E-state index contributed by atoms with van der Waals surface area (Å²) in [6.45, 7) is 5.68. The number of amidine groups is 1. The van der Waals surface area contributed by atoms with E-state index >= 15 is 0 Å². The molecular weight excluding hydrogens is 442 g/mol. The molecule has 0 amide bonds. The minimum atomic E-state index is -4.02. The number of nitrogen functional groups attached to an aromatic ring is 2. The van der Waals surface area contributed by atoms with Crippen LogP contribution in [0.15, 0.2) is 35.2 Å². The minimum absolute atomic E-state index is 0.0353. The Balaban J connectivity index is 2.68. The molecule has 0 fully saturated rings. The van der Waals surface area contributed by atoms with Crippen LogP contribution in [0, 0.1) is 5.41 Å². The van der Waals surface area contributed by atoms with Crippen LogP contribution in [0.4, 0.5) is 11.4 Å². The highest BCUT2D eigenvalue weighted by molar-refractivity contribution is 7.89. The molecule has 0 aliphatic carbocycles. The molecule has 180 valence electrons. The quantitative estimate of drug-likeness (QED) is 0.144. The van der Waals surface area contributed by atoms with E-state index in [4.69, 9.17) is 26.8 Å². The van der Waals surface area contributed by atoms with Crippen LogP contribution in [-0.4, -0.2) is 26.8 Å². The first-order valence-electron chi connectivity index (χ1n) is 10.9. The molecule has 33 heavy (non-hydrogen) atoms. The second-order valence-electron chi connectivity index (χ2n) is 7.67. The number of nitrogens with one attached hydrogen (secondary N) is 2. The average molecular weight is 476 g/mol. The van der Waals surface area contributed by atoms with Gasteiger partial charge in [0.1, 0.15) is 5.84 Å². The zero-order chi connectivity index (χ0) is 24.8. The number of carbonyl (C=O) groups is 1. The lowest BCUT2D eigenvalue weighted by atomic mass is 9.93. The van der Waals surface area contributed by atoms with Gasteiger partial charge in [0.2, 0.25) is 10.0 Å². The van der Waals surface area contributed by atoms with Gasteiger partial charge in [0, 0.05) is 22.5 Å². The van der Waals surface area contributed by atoms with E-state index in [9.17, 15) is 13.2 Å². The van der Waals surface area contributed by atoms with E-state index in [0.29, 0.717) is 47.2 Å². The van der Waals surface area contributed by atoms with Crippen molar-refractivity contribution in [3.05, 3.63) is 52.6 Å². The van der Waals surface area contributed by atoms with Crippen molar-refractivity contribution >= 4 is 33.2 Å². The van der Waals surface area contributed by atoms with Crippen molar-refractivity contribution < 1.29 is 17.9 Å². The maximum atomic E-state index is 12.9. The van der Waals surface area contributed by atoms with E-state index in [1.54, 1.807) is 37.3 Å². The lowest BCUT2D eigenvalue weighted by molar-refractivity contribution is -0.144. The van der Waals surface area contributed by atoms with Gasteiger partial charge in [0.05, 0.1) is 11.5 Å². The van der Waals surface area contributed by atoms with Gasteiger partial charge in [-0.15, -0.1) is 0 Å². The zero-order valence-corrected chi connectivity index (χ0v) is 20.1. The Hall–Kier alpha value is -3.11. The highest BCUT2D eigenvalue weighted by Crippen LogP contribution is 2.35. The lowest BCUT2D eigenvalue weighted by Crippen LogP contribution is -2.26. The van der Waals surface area contributed by atoms with E-state index in [0.717, 1.165) is 6.42 Å². The normalized spacial score (nSPS) is 12.2. The van der Waals surface area contributed by atoms with Crippen LogP contribution in [0.25, 0.3) is 0 Å². The van der Waals surface area contributed by atoms with Crippen LogP contribution in [0.2, 0.25) is 0 Å². The smallest absolute Gasteiger partial charge is 0.333 e. The number of esters is 1. The molecule has 0 aromatic heterocycles. The molecule has 8 N–H and O–H groups in total. The first kappa shape index (κ1) is 26.1. The summed E-state index contributed by atoms with van der Waals surface area (Å²) in [5.74, 6) is -0.619. The second kappa shape index (κ2) is 11.2. The molecule has 9 nitrogen and oxygen atoms in total. The van der Waals surface area contributed by atoms with Crippen LogP contribution < -0.4 is 21.9 Å². The predicted octanol–water partition coefficient (Wildman–Crippen LogP) is 2.82. The highest BCUT2D eigenvalue weighted by atomic mass is 32.2. The Morgan fingerprint density at radius 3 is 2.30 bits per heavy atom. The molecule has 0 bridgehead atoms. The Labute approximate surface area is 195 Å². The maximum Gasteiger partial charge on any atom is 0.333 e. The molecule has 2 aromatic carbocycles. The van der Waals surface area contributed by atoms with Gasteiger partial charge in [0.15, 0.2) is 6.04 Å². The van der Waals surface area contributed by atoms with E-state index in [2.05, 4.69) is 5.32 Å². The van der Waals surface area contributed by atoms with E-state index in [1.165, 1.54) is 0 Å². The van der Waals surface area contributed by atoms with Crippen LogP contribution in [0.1, 0.15) is 61.9 Å². The van der Waals surface area contributed by atoms with Gasteiger partial charge in [0.25, 0.3) is 0 Å². The maximum absolute atomic E-state index is 12.9. The van der Waals surface area contributed by atoms with Crippen molar-refractivity contribution in [2.24, 2.45) is 10.9 Å². The Morgan fingerprint density at radius 2 is 1.82 bits per heavy atom. The van der Waals surface area contributed by atoms with Crippen LogP contribution in [-0.2, 0) is 32.4 Å². The summed E-state index contributed by atoms with van der Waals surface area (Å²) in [7, 11) is -4.02. The van der Waals surface area contributed by atoms with Crippen molar-refractivity contribution in [1.82, 2.24) is 0 Å². The SMILES string of the molecule is CCCCc1c(N)c(C(Nc2ccc(C(=N)N)cc2)C(=O)OCC)cc(CC)c1S(N)(=O)=O. The molecule has 10 heteroatoms. The fourth-order valence-corrected chi connectivity index (χ4v) is 4.81. The second-order valence-corrected chi connectivity index (χ2v) is 9.17. The third-order valence-electron chi connectivity index (χ3n) is 5.32. The highest BCUT2D eigenvalue weighted by Gasteiger charge is 2.30. The summed E-state index contributed by atoms with van der Waals surface area (Å²) < 4.78 is 30.1. The summed E-state index contributed by atoms with van der Waals surface area (Å²) in [5, 5.41) is 16.2. The molecule has 0 saturated carbocycles. The molecule has 2 aromatic rings. The zero-order valence-electron chi connectivity index (χ0n) is 19.3. The minimum Gasteiger partial charge on any atom is -0.464 e. The van der Waals surface area contributed by atoms with Gasteiger partial charge in [-0.2, -0.15) is 0 Å². The average Bonchev–Trinajstić information content (AvgIpc) is 2.76. The Bertz CT molecular complexity index is 1110. The van der Waals surface area contributed by atoms with Crippen molar-refractivity contribution in [2.45, 2.75) is 57.4 Å². The third kappa shape index (κ3) is 6.23. The van der Waals surface area contributed by atoms with E-state index < -0.39 is 22.0 Å². The van der Waals surface area contributed by atoms with Crippen molar-refractivity contribution in [3.8, 4) is 0 Å². The molecule has 0 spiro atoms. The van der Waals surface area contributed by atoms with Crippen LogP contribution >= 0.6 is 0 Å². The number of benzene rings is 2. The van der Waals surface area contributed by atoms with Crippen molar-refractivity contribution in [1.29, 1.82) is 5.41 Å². The number of aryl methyl sites for hydroxylation is 1. The monoisotopic (exact) mass is 475 g/mol. The molecule has 2 rings (SSSR count). The number of primary sulfonamides is 1. The summed E-state index contributed by atoms with van der Waals surface area (Å²) in [6, 6.07) is 7.33. The Morgan fingerprint density at radius 1 is 1.18 bits per heavy atom. The number of hydrogen-bond acceptors (Lipinski definition) is 7. The van der Waals surface area contributed by atoms with Crippen molar-refractivity contribution in [2.75, 3.05) is 17.7 Å². The fraction of sp³-hybridized carbons (Fsp3) is 0.391. The molecule has 1 atom stereocenters. The molecule has 1 unspecified atom stereocenters. The lowest BCUT2D eigenvalue weighted by Gasteiger charge is -2.24. The molecule has 0 heterocycles. The number of nitrogens with two attached hydrogens (primary N) is 3. The topological polar surface area (TPSA) is 174 Å². The van der Waals surface area contributed by atoms with E-state index in [1.807, 2.05) is 13.8 Å². The van der Waals surface area contributed by atoms with Gasteiger partial charge in [-0.1, -0.05) is 20.3 Å². The molecule has 0 radical (unpaired) electrons. The number of ether oxygens (including phenoxy) is 1. The number of unbranched alkanes of at least 4 members (excludes halogenated alkanes) is 1. The summed E-state index contributed by atoms with van der Waals surface area (Å²) in [4.78, 5) is 13.0. The Kier molecular flexibility index (Phi) is 8.84. The summed E-state index contributed by atoms with van der Waals surface area (Å²) >= 11 is 0. The molecular formula is C23H33N5O4S. The first-order valence-corrected chi connectivity index (χ1v) is 12.4. The number of sulfonamides is 1. The van der Waals surface area contributed by atoms with E-state index in [-0.39, 0.29) is 23.0 Å². The molecule has 0 aliphatic heterocycles. The predicted molar refractivity (Wildman–Crippen MR) is 131 cm³/mol. The molecule has 0 saturated heterocycles. The van der Waals surface area contributed by atoms with Gasteiger partial charge in [-0.05, 0) is 67.6 Å². The van der Waals surface area contributed by atoms with Gasteiger partial charge < -0.3 is 21.5 Å². The number of hydrogen-bond donors (Lipinski definition) is 5. The summed E-state index contributed by atoms with van der Waals surface area (Å²) in [6.07, 6.45) is 2.35. The van der Waals surface area contributed by atoms with Gasteiger partial charge in [-0.25, -0.2) is 18.4 Å². The van der Waals surface area contributed by atoms with Crippen LogP contribution in [0.3, 0.4) is 0 Å². The standard InChI is InChI=1S/C23H33N5O4S/c1-4-7-8-17-19(24)18(13-14(5-2)21(17)33(27,30)31)20(23(29)32-6-3)28-16-11-9-15(10-12-16)22(25)26/h9-13,20,28H,4-8,24H2,1-3H3,(H3,25,26)(H2,27,30,31). The van der Waals surface area contributed by atoms with Crippen molar-refractivity contribution in [3.63, 3.8) is 0 Å². The van der Waals surface area contributed by atoms with Crippen LogP contribution in [0.5, 0.6) is 0 Å². The summed E-state index contributed by atoms with van der Waals surface area (Å²) in [5.41, 5.74) is 14.7. The first-order chi connectivity index (χ1) is 15.5. The van der Waals surface area contributed by atoms with Gasteiger partial charge in [-0.3, -0.25) is 5.41 Å². The number of anilines is 2. The third-order valence-corrected chi connectivity index (χ3v) is 6.40. The molecule has 0 aliphatic rings. The number of carbonyl (C=O) groups excluding carboxylic acids is 1. The number of rotatable bonds is 11. The largest absolute Gasteiger partial charge is 0.464 e. The van der Waals surface area contributed by atoms with Gasteiger partial charge >= 0.3 is 5.97 Å². The fourth-order valence-electron chi connectivity index (χ4n) is 3.68.